The minimum atomic E-state index is -0.308. The van der Waals surface area contributed by atoms with Crippen LogP contribution in [0.2, 0.25) is 5.02 Å². The molecule has 3 aromatic rings. The maximum absolute atomic E-state index is 13.4. The van der Waals surface area contributed by atoms with Crippen molar-refractivity contribution in [2.45, 2.75) is 18.8 Å². The van der Waals surface area contributed by atoms with E-state index < -0.39 is 0 Å². The number of rotatable bonds is 7. The van der Waals surface area contributed by atoms with Crippen molar-refractivity contribution in [2.75, 3.05) is 26.2 Å². The minimum absolute atomic E-state index is 0.112. The van der Waals surface area contributed by atoms with Crippen LogP contribution in [-0.4, -0.2) is 42.1 Å². The van der Waals surface area contributed by atoms with Crippen molar-refractivity contribution in [3.63, 3.8) is 0 Å². The molecule has 0 spiro atoms. The molecule has 2 aliphatic rings. The highest BCUT2D eigenvalue weighted by Gasteiger charge is 2.43. The van der Waals surface area contributed by atoms with Crippen LogP contribution in [0.4, 0.5) is 4.39 Å². The van der Waals surface area contributed by atoms with Gasteiger partial charge in [0.15, 0.2) is 5.58 Å². The zero-order valence-electron chi connectivity index (χ0n) is 18.8. The zero-order chi connectivity index (χ0) is 23.7. The summed E-state index contributed by atoms with van der Waals surface area (Å²) >= 11 is 5.98. The third-order valence-electron chi connectivity index (χ3n) is 6.99. The van der Waals surface area contributed by atoms with Crippen molar-refractivity contribution >= 4 is 34.6 Å². The molecule has 1 N–H and O–H groups in total. The van der Waals surface area contributed by atoms with E-state index in [-0.39, 0.29) is 11.7 Å². The number of halogens is 2. The fourth-order valence-electron chi connectivity index (χ4n) is 4.91. The average molecular weight is 480 g/mol. The van der Waals surface area contributed by atoms with E-state index in [0.717, 1.165) is 49.1 Å². The molecule has 176 valence electrons. The van der Waals surface area contributed by atoms with Crippen LogP contribution in [0.5, 0.6) is 0 Å². The minimum Gasteiger partial charge on any atom is -0.356 e. The number of hydrogen-bond donors (Lipinski definition) is 1. The van der Waals surface area contributed by atoms with E-state index in [1.54, 1.807) is 24.3 Å². The number of nitrogens with zero attached hydrogens (tertiary/aromatic N) is 2. The van der Waals surface area contributed by atoms with Crippen LogP contribution in [0.15, 0.2) is 65.2 Å². The molecule has 1 amide bonds. The topological polar surface area (TPSA) is 58.4 Å². The fraction of sp³-hybridized carbons (Fsp3) is 0.333. The summed E-state index contributed by atoms with van der Waals surface area (Å²) in [7, 11) is 0. The summed E-state index contributed by atoms with van der Waals surface area (Å²) in [6.45, 7) is 7.74. The summed E-state index contributed by atoms with van der Waals surface area (Å²) in [5.74, 6) is 0.656. The monoisotopic (exact) mass is 479 g/mol. The van der Waals surface area contributed by atoms with E-state index >= 15 is 0 Å². The Balaban J connectivity index is 1.07. The van der Waals surface area contributed by atoms with Gasteiger partial charge < -0.3 is 14.7 Å². The number of amides is 1. The molecule has 1 aliphatic heterocycles. The maximum Gasteiger partial charge on any atom is 0.244 e. The second-order valence-electron chi connectivity index (χ2n) is 9.20. The van der Waals surface area contributed by atoms with Gasteiger partial charge in [-0.05, 0) is 61.8 Å². The second-order valence-corrected chi connectivity index (χ2v) is 9.64. The molecule has 34 heavy (non-hydrogen) atoms. The summed E-state index contributed by atoms with van der Waals surface area (Å²) in [6.07, 6.45) is 5.29. The van der Waals surface area contributed by atoms with Gasteiger partial charge in [0.25, 0.3) is 0 Å². The molecular formula is C27H27ClFN3O2. The van der Waals surface area contributed by atoms with E-state index in [1.807, 2.05) is 18.2 Å². The first-order valence-corrected chi connectivity index (χ1v) is 12.0. The molecule has 1 saturated carbocycles. The van der Waals surface area contributed by atoms with Crippen LogP contribution in [0, 0.1) is 17.7 Å². The van der Waals surface area contributed by atoms with Gasteiger partial charge in [-0.1, -0.05) is 41.0 Å². The van der Waals surface area contributed by atoms with Crippen molar-refractivity contribution in [3.05, 3.63) is 82.8 Å². The van der Waals surface area contributed by atoms with Crippen molar-refractivity contribution in [1.82, 2.24) is 15.4 Å². The molecule has 1 aliphatic carbocycles. The predicted molar refractivity (Wildman–Crippen MR) is 132 cm³/mol. The molecule has 0 unspecified atom stereocenters. The van der Waals surface area contributed by atoms with Gasteiger partial charge in [0.05, 0.1) is 5.69 Å². The molecule has 1 aromatic heterocycles. The molecule has 0 bridgehead atoms. The molecule has 0 radical (unpaired) electrons. The Bertz CT molecular complexity index is 1250. The number of piperidine rings is 1. The number of aromatic nitrogens is 1. The van der Waals surface area contributed by atoms with Gasteiger partial charge in [-0.2, -0.15) is 0 Å². The highest BCUT2D eigenvalue weighted by Crippen LogP contribution is 2.45. The maximum atomic E-state index is 13.4. The summed E-state index contributed by atoms with van der Waals surface area (Å²) in [4.78, 5) is 14.7. The van der Waals surface area contributed by atoms with Crippen LogP contribution < -0.4 is 5.32 Å². The van der Waals surface area contributed by atoms with Crippen LogP contribution >= 0.6 is 11.6 Å². The Hall–Kier alpha value is -2.96. The molecule has 2 fully saturated rings. The normalized spacial score (nSPS) is 21.4. The van der Waals surface area contributed by atoms with Crippen molar-refractivity contribution in [3.8, 4) is 0 Å². The fourth-order valence-corrected chi connectivity index (χ4v) is 5.11. The number of likely N-dealkylation sites (tertiary alicyclic amines) is 1. The Morgan fingerprint density at radius 3 is 2.85 bits per heavy atom. The number of nitrogens with one attached hydrogen (secondary N) is 1. The zero-order valence-corrected chi connectivity index (χ0v) is 19.6. The van der Waals surface area contributed by atoms with Gasteiger partial charge in [-0.15, -0.1) is 0 Å². The van der Waals surface area contributed by atoms with Gasteiger partial charge in [0.1, 0.15) is 5.82 Å². The Morgan fingerprint density at radius 1 is 1.24 bits per heavy atom. The first kappa shape index (κ1) is 22.8. The van der Waals surface area contributed by atoms with Gasteiger partial charge in [-0.3, -0.25) is 4.79 Å². The smallest absolute Gasteiger partial charge is 0.244 e. The van der Waals surface area contributed by atoms with E-state index in [9.17, 15) is 9.18 Å². The number of benzene rings is 2. The van der Waals surface area contributed by atoms with E-state index in [0.29, 0.717) is 34.9 Å². The van der Waals surface area contributed by atoms with Crippen LogP contribution in [0.1, 0.15) is 30.0 Å². The van der Waals surface area contributed by atoms with Gasteiger partial charge in [-0.25, -0.2) is 4.39 Å². The largest absolute Gasteiger partial charge is 0.356 e. The quantitative estimate of drug-likeness (QED) is 0.362. The lowest BCUT2D eigenvalue weighted by atomic mass is 9.91. The SMILES string of the molecule is C=C1[C@H](CNC(=O)C=Cc2cccc(Cl)c2)[C@H]1CN1CCC(c2noc3cc(F)ccc23)CC1. The summed E-state index contributed by atoms with van der Waals surface area (Å²) < 4.78 is 18.8. The number of hydrogen-bond acceptors (Lipinski definition) is 4. The molecule has 5 rings (SSSR count). The Morgan fingerprint density at radius 2 is 2.06 bits per heavy atom. The van der Waals surface area contributed by atoms with Crippen LogP contribution in [0.25, 0.3) is 17.0 Å². The third kappa shape index (κ3) is 5.08. The summed E-state index contributed by atoms with van der Waals surface area (Å²) in [5, 5.41) is 8.79. The number of fused-ring (bicyclic) bond motifs is 1. The van der Waals surface area contributed by atoms with Gasteiger partial charge >= 0.3 is 0 Å². The molecule has 1 saturated heterocycles. The van der Waals surface area contributed by atoms with Crippen molar-refractivity contribution in [2.24, 2.45) is 11.8 Å². The lowest BCUT2D eigenvalue weighted by molar-refractivity contribution is -0.116. The standard InChI is InChI=1S/C27H27ClFN3O2/c1-17-23(15-30-26(33)8-5-18-3-2-4-20(28)13-18)24(17)16-32-11-9-19(10-12-32)27-22-7-6-21(29)14-25(22)34-31-27/h2-8,13-14,19,23-24H,1,9-12,15-16H2,(H,30,33)/t23-,24-/m0/s1. The molecular weight excluding hydrogens is 453 g/mol. The van der Waals surface area contributed by atoms with Crippen molar-refractivity contribution < 1.29 is 13.7 Å². The van der Waals surface area contributed by atoms with Crippen LogP contribution in [0.3, 0.4) is 0 Å². The summed E-state index contributed by atoms with van der Waals surface area (Å²) in [5.41, 5.74) is 3.56. The highest BCUT2D eigenvalue weighted by molar-refractivity contribution is 6.30. The second kappa shape index (κ2) is 9.72. The third-order valence-corrected chi connectivity index (χ3v) is 7.23. The Kier molecular flexibility index (Phi) is 6.53. The van der Waals surface area contributed by atoms with Crippen LogP contribution in [-0.2, 0) is 4.79 Å². The Labute approximate surface area is 203 Å². The lowest BCUT2D eigenvalue weighted by Crippen LogP contribution is -2.35. The average Bonchev–Trinajstić information content (AvgIpc) is 3.23. The molecule has 2 atom stereocenters. The molecule has 5 nitrogen and oxygen atoms in total. The molecule has 7 heteroatoms. The lowest BCUT2D eigenvalue weighted by Gasteiger charge is -2.31. The van der Waals surface area contributed by atoms with E-state index in [1.165, 1.54) is 17.7 Å². The predicted octanol–water partition coefficient (Wildman–Crippen LogP) is 5.43. The first-order chi connectivity index (χ1) is 16.5. The first-order valence-electron chi connectivity index (χ1n) is 11.7. The van der Waals surface area contributed by atoms with E-state index in [2.05, 4.69) is 22.0 Å². The van der Waals surface area contributed by atoms with Crippen molar-refractivity contribution in [1.29, 1.82) is 0 Å². The van der Waals surface area contributed by atoms with Gasteiger partial charge in [0.2, 0.25) is 5.91 Å². The highest BCUT2D eigenvalue weighted by atomic mass is 35.5. The molecule has 2 heterocycles. The van der Waals surface area contributed by atoms with E-state index in [4.69, 9.17) is 16.1 Å². The number of carbonyl (C=O) groups is 1. The number of carbonyl (C=O) groups excluding carboxylic acids is 1. The summed E-state index contributed by atoms with van der Waals surface area (Å²) in [6, 6.07) is 12.0. The van der Waals surface area contributed by atoms with Gasteiger partial charge in [0, 0.05) is 53.4 Å². The molecule has 2 aromatic carbocycles.